The highest BCUT2D eigenvalue weighted by Gasteiger charge is 2.21. The third-order valence-electron chi connectivity index (χ3n) is 11.8. The van der Waals surface area contributed by atoms with Crippen LogP contribution in [0.15, 0.2) is 186 Å². The maximum Gasteiger partial charge on any atom is 0.164 e. The average Bonchev–Trinajstić information content (AvgIpc) is 3.97. The molecule has 13 aromatic rings. The van der Waals surface area contributed by atoms with Crippen molar-refractivity contribution in [3.8, 4) is 39.9 Å². The topological polar surface area (TPSA) is 56.7 Å². The van der Waals surface area contributed by atoms with E-state index >= 15 is 0 Å². The number of nitrogens with zero attached hydrogens (tertiary/aromatic N) is 4. The SMILES string of the molecule is c1ccc(-c2nc(-c3ccc4sc5ccccc5c4c3)nc(-c3cccc4oc5ccc6ccc(-n7c8ccccc8c8cc9ccccc9cc87)cc6c5c34)n2)cc1. The first-order valence-electron chi connectivity index (χ1n) is 19.8. The quantitative estimate of drug-likeness (QED) is 0.179. The lowest BCUT2D eigenvalue weighted by molar-refractivity contribution is 0.669. The number of furan rings is 1. The summed E-state index contributed by atoms with van der Waals surface area (Å²) < 4.78 is 11.6. The molecule has 4 heterocycles. The number of benzene rings is 9. The van der Waals surface area contributed by atoms with Gasteiger partial charge < -0.3 is 8.98 Å². The van der Waals surface area contributed by atoms with Crippen LogP contribution in [0.5, 0.6) is 0 Å². The second kappa shape index (κ2) is 12.4. The largest absolute Gasteiger partial charge is 0.456 e. The second-order valence-electron chi connectivity index (χ2n) is 15.2. The molecule has 0 radical (unpaired) electrons. The molecule has 0 fully saturated rings. The molecule has 0 aliphatic heterocycles. The molecule has 0 bridgehead atoms. The highest BCUT2D eigenvalue weighted by atomic mass is 32.1. The number of hydrogen-bond donors (Lipinski definition) is 0. The number of fused-ring (bicyclic) bond motifs is 12. The summed E-state index contributed by atoms with van der Waals surface area (Å²) in [6.07, 6.45) is 0. The molecule has 59 heavy (non-hydrogen) atoms. The number of rotatable bonds is 4. The number of aromatic nitrogens is 4. The minimum Gasteiger partial charge on any atom is -0.456 e. The van der Waals surface area contributed by atoms with E-state index in [2.05, 4.69) is 156 Å². The molecule has 0 unspecified atom stereocenters. The van der Waals surface area contributed by atoms with E-state index in [-0.39, 0.29) is 0 Å². The van der Waals surface area contributed by atoms with Crippen LogP contribution in [-0.4, -0.2) is 19.5 Å². The van der Waals surface area contributed by atoms with Gasteiger partial charge in [0.1, 0.15) is 11.2 Å². The van der Waals surface area contributed by atoms with Crippen molar-refractivity contribution in [3.05, 3.63) is 182 Å². The summed E-state index contributed by atoms with van der Waals surface area (Å²) >= 11 is 1.81. The van der Waals surface area contributed by atoms with Crippen LogP contribution in [-0.2, 0) is 0 Å². The summed E-state index contributed by atoms with van der Waals surface area (Å²) in [4.78, 5) is 15.6. The Bertz CT molecular complexity index is 3860. The van der Waals surface area contributed by atoms with E-state index in [1.807, 2.05) is 30.3 Å². The molecule has 0 aliphatic rings. The lowest BCUT2D eigenvalue weighted by atomic mass is 9.99. The molecule has 0 aliphatic carbocycles. The van der Waals surface area contributed by atoms with Crippen molar-refractivity contribution in [1.29, 1.82) is 0 Å². The van der Waals surface area contributed by atoms with Gasteiger partial charge in [-0.3, -0.25) is 0 Å². The zero-order valence-electron chi connectivity index (χ0n) is 31.4. The zero-order valence-corrected chi connectivity index (χ0v) is 32.2. The van der Waals surface area contributed by atoms with Crippen molar-refractivity contribution >= 4 is 96.8 Å². The molecule has 4 aromatic heterocycles. The van der Waals surface area contributed by atoms with Gasteiger partial charge in [-0.15, -0.1) is 11.3 Å². The molecule has 0 N–H and O–H groups in total. The van der Waals surface area contributed by atoms with Gasteiger partial charge >= 0.3 is 0 Å². The van der Waals surface area contributed by atoms with Crippen molar-refractivity contribution < 1.29 is 4.42 Å². The van der Waals surface area contributed by atoms with E-state index in [4.69, 9.17) is 19.4 Å². The summed E-state index contributed by atoms with van der Waals surface area (Å²) in [7, 11) is 0. The summed E-state index contributed by atoms with van der Waals surface area (Å²) in [5.74, 6) is 1.85. The van der Waals surface area contributed by atoms with Gasteiger partial charge in [-0.05, 0) is 88.3 Å². The van der Waals surface area contributed by atoms with Crippen LogP contribution >= 0.6 is 11.3 Å². The number of thiophene rings is 1. The van der Waals surface area contributed by atoms with Gasteiger partial charge in [-0.2, -0.15) is 0 Å². The summed E-state index contributed by atoms with van der Waals surface area (Å²) in [5, 5.41) is 11.6. The summed E-state index contributed by atoms with van der Waals surface area (Å²) in [6, 6.07) is 64.4. The van der Waals surface area contributed by atoms with Crippen LogP contribution < -0.4 is 0 Å². The van der Waals surface area contributed by atoms with E-state index in [9.17, 15) is 0 Å². The van der Waals surface area contributed by atoms with Crippen LogP contribution in [0.25, 0.3) is 125 Å². The van der Waals surface area contributed by atoms with Gasteiger partial charge in [-0.25, -0.2) is 15.0 Å². The van der Waals surface area contributed by atoms with Crippen molar-refractivity contribution in [3.63, 3.8) is 0 Å². The van der Waals surface area contributed by atoms with Gasteiger partial charge in [0.05, 0.1) is 11.0 Å². The molecule has 274 valence electrons. The fourth-order valence-corrected chi connectivity index (χ4v) is 10.2. The summed E-state index contributed by atoms with van der Waals surface area (Å²) in [5.41, 5.74) is 7.80. The van der Waals surface area contributed by atoms with Crippen molar-refractivity contribution in [1.82, 2.24) is 19.5 Å². The van der Waals surface area contributed by atoms with E-state index < -0.39 is 0 Å². The third-order valence-corrected chi connectivity index (χ3v) is 13.0. The Kier molecular flexibility index (Phi) is 6.82. The molecule has 13 rings (SSSR count). The van der Waals surface area contributed by atoms with E-state index in [0.717, 1.165) is 55.1 Å². The Labute approximate surface area is 341 Å². The first-order valence-corrected chi connectivity index (χ1v) is 20.6. The lowest BCUT2D eigenvalue weighted by Gasteiger charge is -2.11. The van der Waals surface area contributed by atoms with Crippen molar-refractivity contribution in [2.75, 3.05) is 0 Å². The van der Waals surface area contributed by atoms with Crippen LogP contribution in [0.2, 0.25) is 0 Å². The monoisotopic (exact) mass is 770 g/mol. The highest BCUT2D eigenvalue weighted by molar-refractivity contribution is 7.25. The van der Waals surface area contributed by atoms with Crippen LogP contribution in [0.4, 0.5) is 0 Å². The Hall–Kier alpha value is -7.67. The molecule has 0 spiro atoms. The Balaban J connectivity index is 1.06. The summed E-state index contributed by atoms with van der Waals surface area (Å²) in [6.45, 7) is 0. The van der Waals surface area contributed by atoms with Crippen LogP contribution in [0, 0.1) is 0 Å². The van der Waals surface area contributed by atoms with Crippen molar-refractivity contribution in [2.24, 2.45) is 0 Å². The smallest absolute Gasteiger partial charge is 0.164 e. The zero-order chi connectivity index (χ0) is 38.6. The molecule has 0 saturated carbocycles. The first-order chi connectivity index (χ1) is 29.2. The third kappa shape index (κ3) is 4.94. The normalized spacial score (nSPS) is 12.1. The fourth-order valence-electron chi connectivity index (χ4n) is 9.09. The van der Waals surface area contributed by atoms with Gasteiger partial charge in [0.2, 0.25) is 0 Å². The molecule has 9 aromatic carbocycles. The Morgan fingerprint density at radius 1 is 0.390 bits per heavy atom. The fraction of sp³-hybridized carbons (Fsp3) is 0. The molecule has 0 atom stereocenters. The van der Waals surface area contributed by atoms with E-state index in [0.29, 0.717) is 17.5 Å². The maximum atomic E-state index is 6.68. The minimum absolute atomic E-state index is 0.597. The van der Waals surface area contributed by atoms with Gasteiger partial charge in [0.15, 0.2) is 17.5 Å². The van der Waals surface area contributed by atoms with Gasteiger partial charge in [0.25, 0.3) is 0 Å². The minimum atomic E-state index is 0.597. The van der Waals surface area contributed by atoms with Crippen molar-refractivity contribution in [2.45, 2.75) is 0 Å². The molecule has 0 saturated heterocycles. The predicted octanol–water partition coefficient (Wildman–Crippen LogP) is 14.5. The van der Waals surface area contributed by atoms with Gasteiger partial charge in [-0.1, -0.05) is 115 Å². The standard InChI is InChI=1S/C53H30N4OS/c1-2-11-32(12-3-1)51-54-52(35-23-26-48-42(28-35)38-16-7-9-20-47(38)59-48)56-53(55-51)39-17-10-19-45-49(39)50-40-30-36(24-21-31(40)22-25-46(50)58-45)57-43-18-8-6-15-37(43)41-27-33-13-4-5-14-34(33)29-44(41)57/h1-30H. The number of para-hydroxylation sites is 1. The molecule has 5 nitrogen and oxygen atoms in total. The maximum absolute atomic E-state index is 6.68. The van der Waals surface area contributed by atoms with Crippen LogP contribution in [0.3, 0.4) is 0 Å². The Morgan fingerprint density at radius 3 is 2.00 bits per heavy atom. The lowest BCUT2D eigenvalue weighted by Crippen LogP contribution is -2.00. The molecular weight excluding hydrogens is 741 g/mol. The van der Waals surface area contributed by atoms with Crippen LogP contribution in [0.1, 0.15) is 0 Å². The van der Waals surface area contributed by atoms with E-state index in [1.165, 1.54) is 52.8 Å². The molecular formula is C53H30N4OS. The molecule has 0 amide bonds. The highest BCUT2D eigenvalue weighted by Crippen LogP contribution is 2.42. The first kappa shape index (κ1) is 32.4. The predicted molar refractivity (Wildman–Crippen MR) is 246 cm³/mol. The Morgan fingerprint density at radius 2 is 1.10 bits per heavy atom. The molecule has 6 heteroatoms. The van der Waals surface area contributed by atoms with Gasteiger partial charge in [0, 0.05) is 64.1 Å². The second-order valence-corrected chi connectivity index (χ2v) is 16.3. The average molecular weight is 771 g/mol. The number of hydrogen-bond acceptors (Lipinski definition) is 5. The van der Waals surface area contributed by atoms with E-state index in [1.54, 1.807) is 11.3 Å².